The van der Waals surface area contributed by atoms with E-state index in [1.165, 1.54) is 4.88 Å². The summed E-state index contributed by atoms with van der Waals surface area (Å²) in [5.74, 6) is 0. The summed E-state index contributed by atoms with van der Waals surface area (Å²) < 4.78 is 1.82. The van der Waals surface area contributed by atoms with Crippen LogP contribution in [-0.2, 0) is 0 Å². The summed E-state index contributed by atoms with van der Waals surface area (Å²) in [6.45, 7) is 4.02. The molecule has 4 nitrogen and oxygen atoms in total. The first-order valence-electron chi connectivity index (χ1n) is 4.61. The van der Waals surface area contributed by atoms with E-state index in [4.69, 9.17) is 0 Å². The summed E-state index contributed by atoms with van der Waals surface area (Å²) in [4.78, 5) is 20.2. The van der Waals surface area contributed by atoms with E-state index in [9.17, 15) is 4.79 Å². The maximum Gasteiger partial charge on any atom is 0.168 e. The molecule has 2 heterocycles. The van der Waals surface area contributed by atoms with Gasteiger partial charge in [-0.2, -0.15) is 0 Å². The van der Waals surface area contributed by atoms with Crippen molar-refractivity contribution in [2.24, 2.45) is 0 Å². The third-order valence-electron chi connectivity index (χ3n) is 2.23. The van der Waals surface area contributed by atoms with Crippen molar-refractivity contribution in [3.63, 3.8) is 0 Å². The van der Waals surface area contributed by atoms with Crippen molar-refractivity contribution < 1.29 is 4.79 Å². The summed E-state index contributed by atoms with van der Waals surface area (Å²) >= 11 is 1.64. The fraction of sp³-hybridized carbons (Fsp3) is 0.300. The molecule has 0 aliphatic heterocycles. The van der Waals surface area contributed by atoms with Gasteiger partial charge in [0.05, 0.1) is 18.6 Å². The minimum atomic E-state index is 0.0615. The molecule has 0 amide bonds. The summed E-state index contributed by atoms with van der Waals surface area (Å²) in [5, 5.41) is 0.994. The number of rotatable bonds is 3. The Balaban J connectivity index is 2.35. The SMILES string of the molecule is Cc1cnc(C(C)n2cncc2C=O)s1. The first kappa shape index (κ1) is 10.0. The molecule has 0 radical (unpaired) electrons. The van der Waals surface area contributed by atoms with Gasteiger partial charge in [-0.25, -0.2) is 9.97 Å². The number of aromatic nitrogens is 3. The topological polar surface area (TPSA) is 47.8 Å². The van der Waals surface area contributed by atoms with Crippen molar-refractivity contribution in [2.45, 2.75) is 19.9 Å². The highest BCUT2D eigenvalue weighted by molar-refractivity contribution is 7.11. The number of hydrogen-bond acceptors (Lipinski definition) is 4. The van der Waals surface area contributed by atoms with E-state index in [2.05, 4.69) is 9.97 Å². The molecule has 0 aromatic carbocycles. The van der Waals surface area contributed by atoms with Gasteiger partial charge in [0.25, 0.3) is 0 Å². The monoisotopic (exact) mass is 221 g/mol. The molecular weight excluding hydrogens is 210 g/mol. The smallest absolute Gasteiger partial charge is 0.168 e. The van der Waals surface area contributed by atoms with E-state index in [0.29, 0.717) is 5.69 Å². The molecule has 0 aliphatic carbocycles. The van der Waals surface area contributed by atoms with Crippen LogP contribution in [0.15, 0.2) is 18.7 Å². The van der Waals surface area contributed by atoms with E-state index in [1.54, 1.807) is 23.9 Å². The van der Waals surface area contributed by atoms with Crippen LogP contribution < -0.4 is 0 Å². The average molecular weight is 221 g/mol. The highest BCUT2D eigenvalue weighted by Gasteiger charge is 2.13. The van der Waals surface area contributed by atoms with Gasteiger partial charge in [-0.15, -0.1) is 11.3 Å². The van der Waals surface area contributed by atoms with Gasteiger partial charge in [0.1, 0.15) is 10.7 Å². The number of carbonyl (C=O) groups is 1. The molecule has 15 heavy (non-hydrogen) atoms. The van der Waals surface area contributed by atoms with Gasteiger partial charge in [-0.1, -0.05) is 0 Å². The van der Waals surface area contributed by atoms with Crippen LogP contribution in [0.25, 0.3) is 0 Å². The molecule has 0 fully saturated rings. The Kier molecular flexibility index (Phi) is 2.64. The van der Waals surface area contributed by atoms with Crippen LogP contribution in [0.3, 0.4) is 0 Å². The lowest BCUT2D eigenvalue weighted by atomic mass is 10.3. The number of carbonyl (C=O) groups excluding carboxylic acids is 1. The maximum absolute atomic E-state index is 10.8. The van der Waals surface area contributed by atoms with Crippen LogP contribution in [0, 0.1) is 6.92 Å². The number of nitrogens with zero attached hydrogens (tertiary/aromatic N) is 3. The second-order valence-corrected chi connectivity index (χ2v) is 4.60. The van der Waals surface area contributed by atoms with Crippen LogP contribution in [-0.4, -0.2) is 20.8 Å². The molecule has 0 spiro atoms. The molecule has 0 saturated carbocycles. The summed E-state index contributed by atoms with van der Waals surface area (Å²) in [6, 6.07) is 0.0615. The number of aryl methyl sites for hydroxylation is 1. The Morgan fingerprint density at radius 1 is 1.53 bits per heavy atom. The zero-order valence-electron chi connectivity index (χ0n) is 8.54. The normalized spacial score (nSPS) is 12.7. The molecule has 2 aromatic rings. The fourth-order valence-electron chi connectivity index (χ4n) is 1.41. The summed E-state index contributed by atoms with van der Waals surface area (Å²) in [5.41, 5.74) is 0.579. The predicted molar refractivity (Wildman–Crippen MR) is 58.3 cm³/mol. The molecule has 0 N–H and O–H groups in total. The molecular formula is C10H11N3OS. The number of thiazole rings is 1. The standard InChI is InChI=1S/C10H11N3OS/c1-7-3-12-10(15-7)8(2)13-6-11-4-9(13)5-14/h3-6,8H,1-2H3. The maximum atomic E-state index is 10.8. The third kappa shape index (κ3) is 1.83. The Labute approximate surface area is 91.6 Å². The molecule has 1 unspecified atom stereocenters. The largest absolute Gasteiger partial charge is 0.319 e. The molecule has 0 aliphatic rings. The number of hydrogen-bond donors (Lipinski definition) is 0. The molecule has 0 saturated heterocycles. The Morgan fingerprint density at radius 2 is 2.33 bits per heavy atom. The second kappa shape index (κ2) is 3.94. The molecule has 78 valence electrons. The summed E-state index contributed by atoms with van der Waals surface area (Å²) in [7, 11) is 0. The third-order valence-corrected chi connectivity index (χ3v) is 3.31. The molecule has 2 rings (SSSR count). The first-order chi connectivity index (χ1) is 7.22. The van der Waals surface area contributed by atoms with Gasteiger partial charge < -0.3 is 4.57 Å². The highest BCUT2D eigenvalue weighted by atomic mass is 32.1. The number of imidazole rings is 1. The van der Waals surface area contributed by atoms with Gasteiger partial charge >= 0.3 is 0 Å². The molecule has 1 atom stereocenters. The minimum absolute atomic E-state index is 0.0615. The van der Waals surface area contributed by atoms with Crippen LogP contribution in [0.4, 0.5) is 0 Å². The lowest BCUT2D eigenvalue weighted by Gasteiger charge is -2.11. The van der Waals surface area contributed by atoms with Gasteiger partial charge in [0.2, 0.25) is 0 Å². The zero-order valence-corrected chi connectivity index (χ0v) is 9.36. The van der Waals surface area contributed by atoms with Gasteiger partial charge in [0.15, 0.2) is 6.29 Å². The zero-order chi connectivity index (χ0) is 10.8. The number of aldehydes is 1. The van der Waals surface area contributed by atoms with Crippen molar-refractivity contribution in [1.29, 1.82) is 0 Å². The predicted octanol–water partition coefficient (Wildman–Crippen LogP) is 2.07. The van der Waals surface area contributed by atoms with E-state index in [0.717, 1.165) is 11.3 Å². The molecule has 5 heteroatoms. The molecule has 2 aromatic heterocycles. The van der Waals surface area contributed by atoms with E-state index in [-0.39, 0.29) is 6.04 Å². The second-order valence-electron chi connectivity index (χ2n) is 3.33. The average Bonchev–Trinajstić information content (AvgIpc) is 2.84. The van der Waals surface area contributed by atoms with Crippen molar-refractivity contribution >= 4 is 17.6 Å². The first-order valence-corrected chi connectivity index (χ1v) is 5.43. The van der Waals surface area contributed by atoms with E-state index in [1.807, 2.05) is 24.6 Å². The van der Waals surface area contributed by atoms with E-state index >= 15 is 0 Å². The highest BCUT2D eigenvalue weighted by Crippen LogP contribution is 2.23. The van der Waals surface area contributed by atoms with Gasteiger partial charge in [-0.05, 0) is 13.8 Å². The lowest BCUT2D eigenvalue weighted by Crippen LogP contribution is -2.08. The Morgan fingerprint density at radius 3 is 2.93 bits per heavy atom. The van der Waals surface area contributed by atoms with Gasteiger partial charge in [0, 0.05) is 11.1 Å². The van der Waals surface area contributed by atoms with Crippen molar-refractivity contribution in [2.75, 3.05) is 0 Å². The Bertz CT molecular complexity index is 474. The lowest BCUT2D eigenvalue weighted by molar-refractivity contribution is 0.111. The van der Waals surface area contributed by atoms with Gasteiger partial charge in [-0.3, -0.25) is 4.79 Å². The quantitative estimate of drug-likeness (QED) is 0.745. The Hall–Kier alpha value is -1.49. The summed E-state index contributed by atoms with van der Waals surface area (Å²) in [6.07, 6.45) is 5.87. The van der Waals surface area contributed by atoms with Crippen LogP contribution in [0.5, 0.6) is 0 Å². The minimum Gasteiger partial charge on any atom is -0.319 e. The van der Waals surface area contributed by atoms with Crippen LogP contribution >= 0.6 is 11.3 Å². The van der Waals surface area contributed by atoms with Crippen molar-refractivity contribution in [1.82, 2.24) is 14.5 Å². The van der Waals surface area contributed by atoms with Crippen molar-refractivity contribution in [3.8, 4) is 0 Å². The van der Waals surface area contributed by atoms with E-state index < -0.39 is 0 Å². The van der Waals surface area contributed by atoms with Crippen LogP contribution in [0.2, 0.25) is 0 Å². The van der Waals surface area contributed by atoms with Crippen molar-refractivity contribution in [3.05, 3.63) is 34.3 Å². The van der Waals surface area contributed by atoms with Crippen LogP contribution in [0.1, 0.15) is 33.3 Å². The fourth-order valence-corrected chi connectivity index (χ4v) is 2.24. The molecule has 0 bridgehead atoms.